The van der Waals surface area contributed by atoms with Gasteiger partial charge in [0.1, 0.15) is 5.75 Å². The van der Waals surface area contributed by atoms with Gasteiger partial charge in [-0.15, -0.1) is 0 Å². The maximum Gasteiger partial charge on any atom is 0.118 e. The molecular weight excluding hydrogens is 212 g/mol. The molecule has 0 saturated carbocycles. The second-order valence-corrected chi connectivity index (χ2v) is 5.01. The van der Waals surface area contributed by atoms with E-state index in [9.17, 15) is 5.11 Å². The monoisotopic (exact) mass is 236 g/mol. The van der Waals surface area contributed by atoms with Crippen molar-refractivity contribution in [3.63, 3.8) is 0 Å². The van der Waals surface area contributed by atoms with E-state index < -0.39 is 0 Å². The Morgan fingerprint density at radius 3 is 2.24 bits per heavy atom. The minimum atomic E-state index is -0.167. The van der Waals surface area contributed by atoms with Crippen LogP contribution in [0, 0.1) is 5.92 Å². The summed E-state index contributed by atoms with van der Waals surface area (Å²) in [5.41, 5.74) is 1.26. The second kappa shape index (κ2) is 7.33. The van der Waals surface area contributed by atoms with Gasteiger partial charge in [-0.3, -0.25) is 0 Å². The molecule has 96 valence electrons. The Morgan fingerprint density at radius 2 is 1.71 bits per heavy atom. The molecule has 2 heteroatoms. The zero-order chi connectivity index (χ0) is 12.7. The van der Waals surface area contributed by atoms with Gasteiger partial charge in [0.2, 0.25) is 0 Å². The summed E-state index contributed by atoms with van der Waals surface area (Å²) >= 11 is 0. The van der Waals surface area contributed by atoms with Crippen LogP contribution in [-0.4, -0.2) is 18.3 Å². The first-order chi connectivity index (χ1) is 8.11. The Hall–Kier alpha value is -1.02. The van der Waals surface area contributed by atoms with Gasteiger partial charge in [-0.2, -0.15) is 0 Å². The Bertz CT molecular complexity index is 303. The van der Waals surface area contributed by atoms with Crippen LogP contribution in [0.5, 0.6) is 5.75 Å². The van der Waals surface area contributed by atoms with Crippen molar-refractivity contribution in [1.29, 1.82) is 0 Å². The van der Waals surface area contributed by atoms with E-state index in [0.717, 1.165) is 31.4 Å². The third kappa shape index (κ3) is 5.73. The van der Waals surface area contributed by atoms with Crippen molar-refractivity contribution in [2.45, 2.75) is 45.6 Å². The molecule has 0 aliphatic heterocycles. The van der Waals surface area contributed by atoms with Crippen LogP contribution >= 0.6 is 0 Å². The molecule has 1 aromatic rings. The van der Waals surface area contributed by atoms with Crippen molar-refractivity contribution in [2.24, 2.45) is 5.92 Å². The van der Waals surface area contributed by atoms with Gasteiger partial charge in [0.05, 0.1) is 13.2 Å². The number of hydrogen-bond acceptors (Lipinski definition) is 2. The molecule has 1 rings (SSSR count). The van der Waals surface area contributed by atoms with Gasteiger partial charge >= 0.3 is 0 Å². The van der Waals surface area contributed by atoms with Crippen LogP contribution in [0.4, 0.5) is 0 Å². The summed E-state index contributed by atoms with van der Waals surface area (Å²) in [5.74, 6) is 1.56. The zero-order valence-corrected chi connectivity index (χ0v) is 11.1. The van der Waals surface area contributed by atoms with E-state index in [2.05, 4.69) is 26.0 Å². The van der Waals surface area contributed by atoms with Crippen LogP contribution in [0.25, 0.3) is 0 Å². The Labute approximate surface area is 105 Å². The molecule has 1 atom stereocenters. The smallest absolute Gasteiger partial charge is 0.118 e. The number of aryl methyl sites for hydroxylation is 1. The number of aliphatic hydroxyl groups excluding tert-OH is 1. The van der Waals surface area contributed by atoms with Gasteiger partial charge in [-0.25, -0.2) is 0 Å². The minimum absolute atomic E-state index is 0.167. The third-order valence-corrected chi connectivity index (χ3v) is 3.00. The predicted octanol–water partition coefficient (Wildman–Crippen LogP) is 3.42. The summed E-state index contributed by atoms with van der Waals surface area (Å²) in [6, 6.07) is 8.06. The molecule has 0 bridgehead atoms. The molecule has 2 nitrogen and oxygen atoms in total. The number of aliphatic hydroxyl groups is 1. The predicted molar refractivity (Wildman–Crippen MR) is 71.4 cm³/mol. The molecule has 1 unspecified atom stereocenters. The van der Waals surface area contributed by atoms with E-state index in [-0.39, 0.29) is 6.10 Å². The fourth-order valence-corrected chi connectivity index (χ4v) is 1.80. The SMILES string of the molecule is COc1ccc(CCC(O)CCC(C)C)cc1. The highest BCUT2D eigenvalue weighted by Gasteiger charge is 2.06. The van der Waals surface area contributed by atoms with Gasteiger partial charge in [-0.1, -0.05) is 26.0 Å². The van der Waals surface area contributed by atoms with Gasteiger partial charge in [0.15, 0.2) is 0 Å². The average Bonchev–Trinajstić information content (AvgIpc) is 2.34. The van der Waals surface area contributed by atoms with Gasteiger partial charge in [0, 0.05) is 0 Å². The second-order valence-electron chi connectivity index (χ2n) is 5.01. The lowest BCUT2D eigenvalue weighted by Gasteiger charge is -2.12. The minimum Gasteiger partial charge on any atom is -0.497 e. The van der Waals surface area contributed by atoms with E-state index in [4.69, 9.17) is 4.74 Å². The highest BCUT2D eigenvalue weighted by molar-refractivity contribution is 5.27. The van der Waals surface area contributed by atoms with Crippen molar-refractivity contribution >= 4 is 0 Å². The molecule has 0 aliphatic carbocycles. The maximum atomic E-state index is 9.84. The molecule has 0 fully saturated rings. The van der Waals surface area contributed by atoms with Crippen molar-refractivity contribution in [3.05, 3.63) is 29.8 Å². The molecule has 0 radical (unpaired) electrons. The summed E-state index contributed by atoms with van der Waals surface area (Å²) in [6.07, 6.45) is 3.62. The first-order valence-corrected chi connectivity index (χ1v) is 6.42. The van der Waals surface area contributed by atoms with Crippen LogP contribution in [0.15, 0.2) is 24.3 Å². The Balaban J connectivity index is 2.29. The van der Waals surface area contributed by atoms with Crippen LogP contribution in [0.3, 0.4) is 0 Å². The Morgan fingerprint density at radius 1 is 1.06 bits per heavy atom. The van der Waals surface area contributed by atoms with Crippen LogP contribution in [0.2, 0.25) is 0 Å². The maximum absolute atomic E-state index is 9.84. The molecule has 17 heavy (non-hydrogen) atoms. The summed E-state index contributed by atoms with van der Waals surface area (Å²) in [5, 5.41) is 9.84. The van der Waals surface area contributed by atoms with Gasteiger partial charge in [-0.05, 0) is 49.3 Å². The Kier molecular flexibility index (Phi) is 6.06. The summed E-state index contributed by atoms with van der Waals surface area (Å²) < 4.78 is 5.11. The fourth-order valence-electron chi connectivity index (χ4n) is 1.80. The average molecular weight is 236 g/mol. The highest BCUT2D eigenvalue weighted by Crippen LogP contribution is 2.15. The molecule has 0 spiro atoms. The summed E-state index contributed by atoms with van der Waals surface area (Å²) in [4.78, 5) is 0. The van der Waals surface area contributed by atoms with Crippen molar-refractivity contribution < 1.29 is 9.84 Å². The van der Waals surface area contributed by atoms with E-state index >= 15 is 0 Å². The van der Waals surface area contributed by atoms with E-state index in [0.29, 0.717) is 5.92 Å². The van der Waals surface area contributed by atoms with Crippen LogP contribution in [0.1, 0.15) is 38.7 Å². The number of methoxy groups -OCH3 is 1. The van der Waals surface area contributed by atoms with E-state index in [1.807, 2.05) is 12.1 Å². The highest BCUT2D eigenvalue weighted by atomic mass is 16.5. The van der Waals surface area contributed by atoms with Crippen LogP contribution < -0.4 is 4.74 Å². The molecule has 1 aromatic carbocycles. The lowest BCUT2D eigenvalue weighted by Crippen LogP contribution is -2.09. The standard InChI is InChI=1S/C15H24O2/c1-12(2)4-8-14(16)9-5-13-6-10-15(17-3)11-7-13/h6-7,10-12,14,16H,4-5,8-9H2,1-3H3. The lowest BCUT2D eigenvalue weighted by atomic mass is 10.00. The molecule has 0 heterocycles. The molecular formula is C15H24O2. The topological polar surface area (TPSA) is 29.5 Å². The summed E-state index contributed by atoms with van der Waals surface area (Å²) in [7, 11) is 1.67. The molecule has 0 amide bonds. The number of hydrogen-bond donors (Lipinski definition) is 1. The number of benzene rings is 1. The fraction of sp³-hybridized carbons (Fsp3) is 0.600. The third-order valence-electron chi connectivity index (χ3n) is 3.00. The molecule has 0 aromatic heterocycles. The number of rotatable bonds is 7. The first kappa shape index (κ1) is 14.0. The number of ether oxygens (including phenoxy) is 1. The summed E-state index contributed by atoms with van der Waals surface area (Å²) in [6.45, 7) is 4.38. The lowest BCUT2D eigenvalue weighted by molar-refractivity contribution is 0.147. The zero-order valence-electron chi connectivity index (χ0n) is 11.1. The van der Waals surface area contributed by atoms with E-state index in [1.54, 1.807) is 7.11 Å². The van der Waals surface area contributed by atoms with Crippen molar-refractivity contribution in [3.8, 4) is 5.75 Å². The molecule has 0 aliphatic rings. The van der Waals surface area contributed by atoms with E-state index in [1.165, 1.54) is 5.56 Å². The molecule has 0 saturated heterocycles. The normalized spacial score (nSPS) is 12.8. The quantitative estimate of drug-likeness (QED) is 0.786. The first-order valence-electron chi connectivity index (χ1n) is 6.42. The van der Waals surface area contributed by atoms with Crippen molar-refractivity contribution in [2.75, 3.05) is 7.11 Å². The molecule has 1 N–H and O–H groups in total. The largest absolute Gasteiger partial charge is 0.497 e. The van der Waals surface area contributed by atoms with Crippen LogP contribution in [-0.2, 0) is 6.42 Å². The van der Waals surface area contributed by atoms with Crippen molar-refractivity contribution in [1.82, 2.24) is 0 Å². The van der Waals surface area contributed by atoms with Gasteiger partial charge in [0.25, 0.3) is 0 Å². The van der Waals surface area contributed by atoms with Gasteiger partial charge < -0.3 is 9.84 Å².